The van der Waals surface area contributed by atoms with Crippen molar-refractivity contribution in [2.24, 2.45) is 0 Å². The van der Waals surface area contributed by atoms with Gasteiger partial charge in [-0.1, -0.05) is 24.6 Å². The van der Waals surface area contributed by atoms with Gasteiger partial charge in [0.2, 0.25) is 0 Å². The molecule has 2 N–H and O–H groups in total. The molecule has 14 heteroatoms. The highest BCUT2D eigenvalue weighted by atomic mass is 35.5. The van der Waals surface area contributed by atoms with Gasteiger partial charge in [-0.05, 0) is 30.7 Å². The fourth-order valence-corrected chi connectivity index (χ4v) is 4.43. The van der Waals surface area contributed by atoms with Crippen LogP contribution in [-0.4, -0.2) is 41.2 Å². The number of amides is 1. The first-order chi connectivity index (χ1) is 19.1. The number of alkyl halides is 3. The van der Waals surface area contributed by atoms with Crippen molar-refractivity contribution in [2.45, 2.75) is 25.9 Å². The van der Waals surface area contributed by atoms with Gasteiger partial charge in [-0.25, -0.2) is 14.3 Å². The third-order valence-electron chi connectivity index (χ3n) is 5.98. The van der Waals surface area contributed by atoms with Crippen LogP contribution < -0.4 is 10.9 Å². The Morgan fingerprint density at radius 3 is 2.62 bits per heavy atom. The van der Waals surface area contributed by atoms with Crippen LogP contribution >= 0.6 is 11.6 Å². The van der Waals surface area contributed by atoms with E-state index in [1.807, 2.05) is 6.92 Å². The summed E-state index contributed by atoms with van der Waals surface area (Å²) in [5, 5.41) is 10.7. The number of ketones is 1. The second-order valence-corrected chi connectivity index (χ2v) is 9.10. The van der Waals surface area contributed by atoms with Gasteiger partial charge in [0.05, 0.1) is 46.1 Å². The second-order valence-electron chi connectivity index (χ2n) is 8.69. The quantitative estimate of drug-likeness (QED) is 0.259. The molecule has 0 saturated heterocycles. The third-order valence-corrected chi connectivity index (χ3v) is 6.26. The zero-order valence-corrected chi connectivity index (χ0v) is 21.4. The molecule has 5 aromatic rings. The Morgan fingerprint density at radius 2 is 1.90 bits per heavy atom. The lowest BCUT2D eigenvalue weighted by molar-refractivity contribution is -0.143. The maximum absolute atomic E-state index is 14.2. The molecular formula is C26H19ClF3N7O3. The summed E-state index contributed by atoms with van der Waals surface area (Å²) in [6.07, 6.45) is 2.21. The number of nitrogens with zero attached hydrogens (tertiary/aromatic N) is 5. The van der Waals surface area contributed by atoms with Gasteiger partial charge < -0.3 is 10.3 Å². The van der Waals surface area contributed by atoms with Crippen molar-refractivity contribution < 1.29 is 22.8 Å². The molecule has 0 atom stereocenters. The summed E-state index contributed by atoms with van der Waals surface area (Å²) in [5.41, 5.74) is -2.19. The van der Waals surface area contributed by atoms with E-state index < -0.39 is 28.9 Å². The van der Waals surface area contributed by atoms with Crippen LogP contribution in [0.2, 0.25) is 5.02 Å². The van der Waals surface area contributed by atoms with Crippen LogP contribution in [0, 0.1) is 0 Å². The maximum Gasteiger partial charge on any atom is 0.434 e. The molecule has 0 radical (unpaired) electrons. The first-order valence-electron chi connectivity index (χ1n) is 11.9. The molecule has 0 bridgehead atoms. The zero-order valence-electron chi connectivity index (χ0n) is 20.7. The van der Waals surface area contributed by atoms with E-state index in [1.54, 1.807) is 0 Å². The number of carbonyl (C=O) groups excluding carboxylic acids is 2. The molecule has 4 aromatic heterocycles. The number of benzene rings is 1. The van der Waals surface area contributed by atoms with Crippen LogP contribution in [0.25, 0.3) is 22.3 Å². The molecular weight excluding hydrogens is 551 g/mol. The van der Waals surface area contributed by atoms with E-state index in [2.05, 4.69) is 25.5 Å². The highest BCUT2D eigenvalue weighted by Gasteiger charge is 2.41. The van der Waals surface area contributed by atoms with E-state index in [0.29, 0.717) is 23.1 Å². The number of fused-ring (bicyclic) bond motifs is 1. The summed E-state index contributed by atoms with van der Waals surface area (Å²) < 4.78 is 44.6. The van der Waals surface area contributed by atoms with E-state index in [0.717, 1.165) is 6.20 Å². The molecule has 5 rings (SSSR count). The number of nitrogens with one attached hydrogen (secondary N) is 2. The lowest BCUT2D eigenvalue weighted by atomic mass is 10.1. The minimum absolute atomic E-state index is 0.0192. The van der Waals surface area contributed by atoms with Crippen molar-refractivity contribution in [3.63, 3.8) is 0 Å². The third kappa shape index (κ3) is 4.98. The van der Waals surface area contributed by atoms with Crippen LogP contribution in [0.3, 0.4) is 0 Å². The van der Waals surface area contributed by atoms with Gasteiger partial charge in [0.25, 0.3) is 11.5 Å². The zero-order chi connectivity index (χ0) is 28.6. The van der Waals surface area contributed by atoms with E-state index in [-0.39, 0.29) is 38.8 Å². The van der Waals surface area contributed by atoms with Crippen molar-refractivity contribution in [1.82, 2.24) is 29.5 Å². The number of anilines is 1. The van der Waals surface area contributed by atoms with Crippen molar-refractivity contribution in [3.8, 4) is 11.5 Å². The SMILES string of the molecule is CCCC(=O)c1cnn(-c2ncc(NC(=O)c3cnn(-c4cccc5c(=O)[nH]ccc45)c3C(F)(F)F)cc2Cl)c1. The molecule has 0 aliphatic carbocycles. The summed E-state index contributed by atoms with van der Waals surface area (Å²) in [5.74, 6) is -1.04. The summed E-state index contributed by atoms with van der Waals surface area (Å²) in [4.78, 5) is 43.9. The average molecular weight is 570 g/mol. The number of Topliss-reactive ketones (excluding diaryl/α,β-unsaturated/α-hetero) is 1. The number of hydrogen-bond acceptors (Lipinski definition) is 6. The number of hydrogen-bond donors (Lipinski definition) is 2. The number of rotatable bonds is 7. The van der Waals surface area contributed by atoms with Crippen LogP contribution in [-0.2, 0) is 6.18 Å². The highest BCUT2D eigenvalue weighted by molar-refractivity contribution is 6.32. The topological polar surface area (TPSA) is 128 Å². The van der Waals surface area contributed by atoms with Crippen LogP contribution in [0.4, 0.5) is 18.9 Å². The monoisotopic (exact) mass is 569 g/mol. The smallest absolute Gasteiger partial charge is 0.329 e. The molecule has 0 unspecified atom stereocenters. The van der Waals surface area contributed by atoms with Gasteiger partial charge >= 0.3 is 6.18 Å². The Balaban J connectivity index is 1.46. The number of carbonyl (C=O) groups is 2. The summed E-state index contributed by atoms with van der Waals surface area (Å²) >= 11 is 6.32. The molecule has 1 aromatic carbocycles. The molecule has 0 saturated carbocycles. The summed E-state index contributed by atoms with van der Waals surface area (Å²) in [6, 6.07) is 7.00. The van der Waals surface area contributed by atoms with Crippen LogP contribution in [0.5, 0.6) is 0 Å². The van der Waals surface area contributed by atoms with Gasteiger partial charge in [-0.2, -0.15) is 23.4 Å². The summed E-state index contributed by atoms with van der Waals surface area (Å²) in [6.45, 7) is 1.88. The molecule has 0 aliphatic heterocycles. The minimum atomic E-state index is -4.97. The normalized spacial score (nSPS) is 11.6. The fourth-order valence-electron chi connectivity index (χ4n) is 4.18. The number of pyridine rings is 2. The molecule has 204 valence electrons. The Hall–Kier alpha value is -4.78. The van der Waals surface area contributed by atoms with E-state index in [9.17, 15) is 27.6 Å². The van der Waals surface area contributed by atoms with Gasteiger partial charge in [0, 0.05) is 29.6 Å². The second kappa shape index (κ2) is 10.4. The number of aromatic amines is 1. The molecule has 0 spiro atoms. The Bertz CT molecular complexity index is 1820. The van der Waals surface area contributed by atoms with Crippen molar-refractivity contribution >= 4 is 39.8 Å². The molecule has 1 amide bonds. The Morgan fingerprint density at radius 1 is 1.10 bits per heavy atom. The lowest BCUT2D eigenvalue weighted by Gasteiger charge is -2.14. The first kappa shape index (κ1) is 26.8. The van der Waals surface area contributed by atoms with Gasteiger partial charge in [0.15, 0.2) is 17.3 Å². The van der Waals surface area contributed by atoms with Crippen molar-refractivity contribution in [3.05, 3.63) is 93.5 Å². The van der Waals surface area contributed by atoms with E-state index >= 15 is 0 Å². The molecule has 10 nitrogen and oxygen atoms in total. The Labute approximate surface area is 228 Å². The summed E-state index contributed by atoms with van der Waals surface area (Å²) in [7, 11) is 0. The van der Waals surface area contributed by atoms with Crippen molar-refractivity contribution in [2.75, 3.05) is 5.32 Å². The van der Waals surface area contributed by atoms with Gasteiger partial charge in [-0.15, -0.1) is 0 Å². The predicted molar refractivity (Wildman–Crippen MR) is 140 cm³/mol. The standard InChI is InChI=1S/C26H19ClF3N7O3/c1-2-4-21(38)14-10-33-36(13-14)23-19(27)9-15(11-32-23)35-25(40)18-12-34-37(22(18)26(28,29)30)20-6-3-5-17-16(20)7-8-31-24(17)39/h3,5-13H,2,4H2,1H3,(H,31,39)(H,35,40). The fraction of sp³-hybridized carbons (Fsp3) is 0.154. The number of aromatic nitrogens is 6. The Kier molecular flexibility index (Phi) is 6.98. The van der Waals surface area contributed by atoms with Gasteiger partial charge in [-0.3, -0.25) is 14.4 Å². The van der Waals surface area contributed by atoms with Crippen LogP contribution in [0.1, 0.15) is 46.2 Å². The highest BCUT2D eigenvalue weighted by Crippen LogP contribution is 2.35. The van der Waals surface area contributed by atoms with Crippen molar-refractivity contribution in [1.29, 1.82) is 0 Å². The predicted octanol–water partition coefficient (Wildman–Crippen LogP) is 5.20. The maximum atomic E-state index is 14.2. The molecule has 4 heterocycles. The van der Waals surface area contributed by atoms with E-state index in [4.69, 9.17) is 11.6 Å². The first-order valence-corrected chi connectivity index (χ1v) is 12.3. The number of H-pyrrole nitrogens is 1. The minimum Gasteiger partial charge on any atom is -0.329 e. The number of halogens is 4. The lowest BCUT2D eigenvalue weighted by Crippen LogP contribution is -2.21. The average Bonchev–Trinajstić information content (AvgIpc) is 3.57. The molecule has 0 aliphatic rings. The van der Waals surface area contributed by atoms with Crippen LogP contribution in [0.15, 0.2) is 66.1 Å². The largest absolute Gasteiger partial charge is 0.434 e. The molecule has 40 heavy (non-hydrogen) atoms. The van der Waals surface area contributed by atoms with E-state index in [1.165, 1.54) is 59.8 Å². The molecule has 0 fully saturated rings. The van der Waals surface area contributed by atoms with Gasteiger partial charge in [0.1, 0.15) is 0 Å².